The van der Waals surface area contributed by atoms with Gasteiger partial charge in [0.25, 0.3) is 0 Å². The van der Waals surface area contributed by atoms with Gasteiger partial charge in [0.2, 0.25) is 0 Å². The summed E-state index contributed by atoms with van der Waals surface area (Å²) in [6.07, 6.45) is 2.58. The maximum absolute atomic E-state index is 9.64. The molecular weight excluding hydrogens is 154 g/mol. The zero-order valence-electron chi connectivity index (χ0n) is 7.86. The van der Waals surface area contributed by atoms with Crippen molar-refractivity contribution in [3.63, 3.8) is 0 Å². The highest BCUT2D eigenvalue weighted by Crippen LogP contribution is 2.21. The minimum atomic E-state index is -0.471. The van der Waals surface area contributed by atoms with Crippen LogP contribution in [0.1, 0.15) is 33.1 Å². The van der Waals surface area contributed by atoms with Gasteiger partial charge in [-0.3, -0.25) is 0 Å². The van der Waals surface area contributed by atoms with E-state index in [-0.39, 0.29) is 18.2 Å². The third-order valence-corrected chi connectivity index (χ3v) is 2.29. The molecule has 1 aliphatic carbocycles. The molecule has 72 valence electrons. The first-order valence-electron chi connectivity index (χ1n) is 4.70. The van der Waals surface area contributed by atoms with E-state index in [1.54, 1.807) is 0 Å². The molecule has 1 saturated carbocycles. The van der Waals surface area contributed by atoms with Crippen LogP contribution in [-0.2, 0) is 4.74 Å². The van der Waals surface area contributed by atoms with Crippen molar-refractivity contribution < 1.29 is 9.84 Å². The molecule has 3 atom stereocenters. The SMILES string of the molecule is CC(C)O[C@@H]1CCC[C@@H](N)[C@@H]1O. The molecule has 0 aromatic carbocycles. The van der Waals surface area contributed by atoms with Gasteiger partial charge in [0.15, 0.2) is 0 Å². The lowest BCUT2D eigenvalue weighted by Gasteiger charge is -2.33. The molecule has 3 N–H and O–H groups in total. The molecule has 0 aromatic heterocycles. The molecule has 1 aliphatic rings. The molecule has 0 unspecified atom stereocenters. The maximum atomic E-state index is 9.64. The van der Waals surface area contributed by atoms with Crippen LogP contribution < -0.4 is 5.73 Å². The largest absolute Gasteiger partial charge is 0.389 e. The van der Waals surface area contributed by atoms with Gasteiger partial charge < -0.3 is 15.6 Å². The fourth-order valence-electron chi connectivity index (χ4n) is 1.67. The Labute approximate surface area is 73.9 Å². The number of hydrogen-bond acceptors (Lipinski definition) is 3. The average molecular weight is 173 g/mol. The second-order valence-electron chi connectivity index (χ2n) is 3.81. The van der Waals surface area contributed by atoms with Crippen LogP contribution in [-0.4, -0.2) is 29.5 Å². The Bertz CT molecular complexity index is 138. The topological polar surface area (TPSA) is 55.5 Å². The average Bonchev–Trinajstić information content (AvgIpc) is 1.98. The molecule has 3 heteroatoms. The lowest BCUT2D eigenvalue weighted by Crippen LogP contribution is -2.48. The summed E-state index contributed by atoms with van der Waals surface area (Å²) >= 11 is 0. The fourth-order valence-corrected chi connectivity index (χ4v) is 1.67. The van der Waals surface area contributed by atoms with Gasteiger partial charge >= 0.3 is 0 Å². The zero-order valence-corrected chi connectivity index (χ0v) is 7.86. The summed E-state index contributed by atoms with van der Waals surface area (Å²) in [5.74, 6) is 0. The highest BCUT2D eigenvalue weighted by Gasteiger charge is 2.30. The smallest absolute Gasteiger partial charge is 0.0952 e. The number of aliphatic hydroxyl groups excluding tert-OH is 1. The van der Waals surface area contributed by atoms with E-state index >= 15 is 0 Å². The Balaban J connectivity index is 2.41. The molecule has 3 nitrogen and oxygen atoms in total. The highest BCUT2D eigenvalue weighted by atomic mass is 16.5. The molecule has 12 heavy (non-hydrogen) atoms. The lowest BCUT2D eigenvalue weighted by molar-refractivity contribution is -0.0897. The molecule has 0 bridgehead atoms. The Kier molecular flexibility index (Phi) is 3.50. The molecule has 1 fully saturated rings. The summed E-state index contributed by atoms with van der Waals surface area (Å²) in [4.78, 5) is 0. The molecule has 0 heterocycles. The van der Waals surface area contributed by atoms with Crippen molar-refractivity contribution in [2.75, 3.05) is 0 Å². The predicted octanol–water partition coefficient (Wildman–Crippen LogP) is 0.652. The van der Waals surface area contributed by atoms with Gasteiger partial charge in [0.05, 0.1) is 18.3 Å². The summed E-state index contributed by atoms with van der Waals surface area (Å²) in [5, 5.41) is 9.64. The van der Waals surface area contributed by atoms with E-state index in [2.05, 4.69) is 0 Å². The number of nitrogens with two attached hydrogens (primary N) is 1. The minimum Gasteiger partial charge on any atom is -0.389 e. The van der Waals surface area contributed by atoms with E-state index in [1.165, 1.54) is 0 Å². The van der Waals surface area contributed by atoms with Gasteiger partial charge in [-0.15, -0.1) is 0 Å². The summed E-state index contributed by atoms with van der Waals surface area (Å²) in [6.45, 7) is 3.96. The number of aliphatic hydroxyl groups is 1. The van der Waals surface area contributed by atoms with Gasteiger partial charge in [-0.05, 0) is 33.1 Å². The van der Waals surface area contributed by atoms with Crippen molar-refractivity contribution in [2.45, 2.75) is 57.5 Å². The van der Waals surface area contributed by atoms with Crippen LogP contribution in [0.15, 0.2) is 0 Å². The first kappa shape index (κ1) is 9.96. The monoisotopic (exact) mass is 173 g/mol. The molecular formula is C9H19NO2. The van der Waals surface area contributed by atoms with Crippen molar-refractivity contribution >= 4 is 0 Å². The van der Waals surface area contributed by atoms with Crippen LogP contribution in [0.5, 0.6) is 0 Å². The van der Waals surface area contributed by atoms with Crippen molar-refractivity contribution in [3.8, 4) is 0 Å². The predicted molar refractivity (Wildman–Crippen MR) is 47.8 cm³/mol. The first-order chi connectivity index (χ1) is 5.61. The van der Waals surface area contributed by atoms with Crippen LogP contribution in [0.25, 0.3) is 0 Å². The number of rotatable bonds is 2. The van der Waals surface area contributed by atoms with Gasteiger partial charge in [-0.1, -0.05) is 0 Å². The summed E-state index contributed by atoms with van der Waals surface area (Å²) in [7, 11) is 0. The van der Waals surface area contributed by atoms with E-state index < -0.39 is 6.10 Å². The van der Waals surface area contributed by atoms with E-state index in [9.17, 15) is 5.11 Å². The van der Waals surface area contributed by atoms with Crippen LogP contribution in [0.4, 0.5) is 0 Å². The van der Waals surface area contributed by atoms with Crippen molar-refractivity contribution in [3.05, 3.63) is 0 Å². The molecule has 0 radical (unpaired) electrons. The Morgan fingerprint density at radius 2 is 2.08 bits per heavy atom. The summed E-state index contributed by atoms with van der Waals surface area (Å²) in [6, 6.07) is -0.0949. The van der Waals surface area contributed by atoms with E-state index in [4.69, 9.17) is 10.5 Å². The fraction of sp³-hybridized carbons (Fsp3) is 1.00. The van der Waals surface area contributed by atoms with E-state index in [0.717, 1.165) is 19.3 Å². The minimum absolute atomic E-state index is 0.0475. The molecule has 1 rings (SSSR count). The highest BCUT2D eigenvalue weighted by molar-refractivity contribution is 4.85. The number of ether oxygens (including phenoxy) is 1. The van der Waals surface area contributed by atoms with Crippen LogP contribution in [0.2, 0.25) is 0 Å². The maximum Gasteiger partial charge on any atom is 0.0952 e. The Morgan fingerprint density at radius 3 is 2.67 bits per heavy atom. The standard InChI is InChI=1S/C9H19NO2/c1-6(2)12-8-5-3-4-7(10)9(8)11/h6-9,11H,3-5,10H2,1-2H3/t7-,8-,9+/m1/s1. The molecule has 0 spiro atoms. The summed E-state index contributed by atoms with van der Waals surface area (Å²) in [5.41, 5.74) is 5.71. The van der Waals surface area contributed by atoms with Crippen LogP contribution >= 0.6 is 0 Å². The molecule has 0 aromatic rings. The second kappa shape index (κ2) is 4.21. The Hall–Kier alpha value is -0.120. The van der Waals surface area contributed by atoms with Gasteiger partial charge in [0, 0.05) is 6.04 Å². The van der Waals surface area contributed by atoms with Crippen molar-refractivity contribution in [1.82, 2.24) is 0 Å². The van der Waals surface area contributed by atoms with Crippen molar-refractivity contribution in [1.29, 1.82) is 0 Å². The first-order valence-corrected chi connectivity index (χ1v) is 4.70. The molecule has 0 amide bonds. The zero-order chi connectivity index (χ0) is 9.14. The second-order valence-corrected chi connectivity index (χ2v) is 3.81. The normalized spacial score (nSPS) is 37.2. The van der Waals surface area contributed by atoms with E-state index in [0.29, 0.717) is 0 Å². The quantitative estimate of drug-likeness (QED) is 0.644. The van der Waals surface area contributed by atoms with Crippen LogP contribution in [0, 0.1) is 0 Å². The molecule has 0 aliphatic heterocycles. The lowest BCUT2D eigenvalue weighted by atomic mass is 9.90. The van der Waals surface area contributed by atoms with Gasteiger partial charge in [-0.25, -0.2) is 0 Å². The van der Waals surface area contributed by atoms with Gasteiger partial charge in [-0.2, -0.15) is 0 Å². The molecule has 0 saturated heterocycles. The number of hydrogen-bond donors (Lipinski definition) is 2. The summed E-state index contributed by atoms with van der Waals surface area (Å²) < 4.78 is 5.54. The van der Waals surface area contributed by atoms with Crippen LogP contribution in [0.3, 0.4) is 0 Å². The van der Waals surface area contributed by atoms with Gasteiger partial charge in [0.1, 0.15) is 0 Å². The third kappa shape index (κ3) is 2.44. The van der Waals surface area contributed by atoms with Crippen molar-refractivity contribution in [2.24, 2.45) is 5.73 Å². The van der Waals surface area contributed by atoms with E-state index in [1.807, 2.05) is 13.8 Å². The third-order valence-electron chi connectivity index (χ3n) is 2.29. The Morgan fingerprint density at radius 1 is 1.42 bits per heavy atom.